The second-order valence-corrected chi connectivity index (χ2v) is 5.56. The van der Waals surface area contributed by atoms with Crippen molar-refractivity contribution in [2.24, 2.45) is 11.8 Å². The highest BCUT2D eigenvalue weighted by molar-refractivity contribution is 5.04. The van der Waals surface area contributed by atoms with Crippen LogP contribution in [0.1, 0.15) is 46.0 Å². The molecule has 2 saturated carbocycles. The van der Waals surface area contributed by atoms with Crippen molar-refractivity contribution in [1.82, 2.24) is 0 Å². The van der Waals surface area contributed by atoms with E-state index in [2.05, 4.69) is 6.92 Å². The summed E-state index contributed by atoms with van der Waals surface area (Å²) in [7, 11) is 0. The first kappa shape index (κ1) is 9.47. The van der Waals surface area contributed by atoms with Crippen molar-refractivity contribution >= 4 is 0 Å². The van der Waals surface area contributed by atoms with E-state index in [1.165, 1.54) is 6.42 Å². The monoisotopic (exact) mass is 184 g/mol. The molecule has 0 aromatic rings. The van der Waals surface area contributed by atoms with E-state index in [1.54, 1.807) is 0 Å². The third-order valence-electron chi connectivity index (χ3n) is 3.84. The molecule has 2 rings (SSSR count). The van der Waals surface area contributed by atoms with Crippen molar-refractivity contribution in [2.45, 2.75) is 57.2 Å². The molecule has 2 aliphatic rings. The van der Waals surface area contributed by atoms with Gasteiger partial charge in [0.05, 0.1) is 11.2 Å². The Bertz CT molecular complexity index is 212. The number of hydrogen-bond donors (Lipinski definition) is 2. The van der Waals surface area contributed by atoms with Gasteiger partial charge >= 0.3 is 0 Å². The summed E-state index contributed by atoms with van der Waals surface area (Å²) < 4.78 is 0. The fraction of sp³-hybridized carbons (Fsp3) is 1.00. The summed E-state index contributed by atoms with van der Waals surface area (Å²) in [6, 6.07) is 0. The van der Waals surface area contributed by atoms with Crippen molar-refractivity contribution in [1.29, 1.82) is 0 Å². The predicted octanol–water partition coefficient (Wildman–Crippen LogP) is 1.70. The van der Waals surface area contributed by atoms with E-state index < -0.39 is 11.2 Å². The van der Waals surface area contributed by atoms with Crippen molar-refractivity contribution in [3.8, 4) is 0 Å². The van der Waals surface area contributed by atoms with Crippen molar-refractivity contribution in [3.63, 3.8) is 0 Å². The van der Waals surface area contributed by atoms with Gasteiger partial charge in [-0.2, -0.15) is 0 Å². The molecule has 76 valence electrons. The molecule has 0 aromatic heterocycles. The van der Waals surface area contributed by atoms with Gasteiger partial charge in [-0.1, -0.05) is 13.3 Å². The Balaban J connectivity index is 2.16. The van der Waals surface area contributed by atoms with Gasteiger partial charge in [-0.05, 0) is 38.0 Å². The van der Waals surface area contributed by atoms with Crippen molar-refractivity contribution < 1.29 is 10.2 Å². The lowest BCUT2D eigenvalue weighted by Gasteiger charge is -2.37. The summed E-state index contributed by atoms with van der Waals surface area (Å²) in [5, 5.41) is 20.3. The lowest BCUT2D eigenvalue weighted by molar-refractivity contribution is -0.0528. The molecule has 2 nitrogen and oxygen atoms in total. The quantitative estimate of drug-likeness (QED) is 0.601. The molecule has 2 N–H and O–H groups in total. The van der Waals surface area contributed by atoms with Crippen LogP contribution in [0.3, 0.4) is 0 Å². The van der Waals surface area contributed by atoms with Crippen LogP contribution in [-0.2, 0) is 0 Å². The third-order valence-corrected chi connectivity index (χ3v) is 3.84. The van der Waals surface area contributed by atoms with Gasteiger partial charge in [0.25, 0.3) is 0 Å². The van der Waals surface area contributed by atoms with Crippen molar-refractivity contribution in [3.05, 3.63) is 0 Å². The molecule has 0 radical (unpaired) electrons. The van der Waals surface area contributed by atoms with E-state index in [0.717, 1.165) is 19.3 Å². The Labute approximate surface area is 80.0 Å². The second-order valence-electron chi connectivity index (χ2n) is 5.56. The Hall–Kier alpha value is -0.0800. The molecule has 4 atom stereocenters. The summed E-state index contributed by atoms with van der Waals surface area (Å²) in [5.74, 6) is 0.967. The highest BCUT2D eigenvalue weighted by atomic mass is 16.3. The smallest absolute Gasteiger partial charge is 0.0706 e. The van der Waals surface area contributed by atoms with E-state index >= 15 is 0 Å². The highest BCUT2D eigenvalue weighted by Gasteiger charge is 2.52. The molecule has 2 heteroatoms. The van der Waals surface area contributed by atoms with E-state index in [0.29, 0.717) is 18.3 Å². The van der Waals surface area contributed by atoms with Crippen LogP contribution in [0.15, 0.2) is 0 Å². The molecule has 2 unspecified atom stereocenters. The average molecular weight is 184 g/mol. The Morgan fingerprint density at radius 3 is 2.54 bits per heavy atom. The summed E-state index contributed by atoms with van der Waals surface area (Å²) in [6.07, 6.45) is 4.55. The van der Waals surface area contributed by atoms with Gasteiger partial charge in [0.1, 0.15) is 0 Å². The summed E-state index contributed by atoms with van der Waals surface area (Å²) >= 11 is 0. The average Bonchev–Trinajstić information content (AvgIpc) is 2.16. The minimum absolute atomic E-state index is 0.346. The van der Waals surface area contributed by atoms with Crippen LogP contribution >= 0.6 is 0 Å². The zero-order chi connectivity index (χ0) is 9.69. The maximum atomic E-state index is 10.4. The summed E-state index contributed by atoms with van der Waals surface area (Å²) in [6.45, 7) is 4.05. The maximum absolute atomic E-state index is 10.4. The van der Waals surface area contributed by atoms with Crippen LogP contribution in [0.4, 0.5) is 0 Å². The summed E-state index contributed by atoms with van der Waals surface area (Å²) in [5.41, 5.74) is -1.18. The van der Waals surface area contributed by atoms with Gasteiger partial charge in [0, 0.05) is 6.42 Å². The van der Waals surface area contributed by atoms with E-state index in [9.17, 15) is 10.2 Å². The minimum atomic E-state index is -0.622. The SMILES string of the molecule is CC1CCC2C[C@@](C)(O)C[C@]2(O)C1. The number of hydrogen-bond acceptors (Lipinski definition) is 2. The molecule has 0 aliphatic heterocycles. The van der Waals surface area contributed by atoms with Gasteiger partial charge in [-0.25, -0.2) is 0 Å². The fourth-order valence-corrected chi connectivity index (χ4v) is 3.40. The number of aliphatic hydroxyl groups is 2. The second kappa shape index (κ2) is 2.71. The molecular formula is C11H20O2. The highest BCUT2D eigenvalue weighted by Crippen LogP contribution is 2.51. The zero-order valence-electron chi connectivity index (χ0n) is 8.58. The molecule has 0 amide bonds. The first-order valence-electron chi connectivity index (χ1n) is 5.36. The van der Waals surface area contributed by atoms with Crippen LogP contribution < -0.4 is 0 Å². The maximum Gasteiger partial charge on any atom is 0.0706 e. The Morgan fingerprint density at radius 2 is 1.85 bits per heavy atom. The third kappa shape index (κ3) is 1.62. The molecule has 2 fully saturated rings. The first-order chi connectivity index (χ1) is 5.91. The lowest BCUT2D eigenvalue weighted by atomic mass is 9.73. The number of fused-ring (bicyclic) bond motifs is 1. The van der Waals surface area contributed by atoms with E-state index in [-0.39, 0.29) is 0 Å². The fourth-order valence-electron chi connectivity index (χ4n) is 3.40. The molecule has 0 spiro atoms. The number of rotatable bonds is 0. The standard InChI is InChI=1S/C11H20O2/c1-8-3-4-9-6-10(2,12)7-11(9,13)5-8/h8-9,12-13H,3-7H2,1-2H3/t8?,9?,10-,11-/m1/s1. The minimum Gasteiger partial charge on any atom is -0.390 e. The van der Waals surface area contributed by atoms with Crippen LogP contribution in [-0.4, -0.2) is 21.4 Å². The van der Waals surface area contributed by atoms with Gasteiger partial charge < -0.3 is 10.2 Å². The zero-order valence-corrected chi connectivity index (χ0v) is 8.58. The van der Waals surface area contributed by atoms with E-state index in [1.807, 2.05) is 6.92 Å². The Kier molecular flexibility index (Phi) is 1.97. The van der Waals surface area contributed by atoms with Crippen LogP contribution in [0.25, 0.3) is 0 Å². The largest absolute Gasteiger partial charge is 0.390 e. The molecule has 0 bridgehead atoms. The molecule has 2 aliphatic carbocycles. The molecule has 0 heterocycles. The van der Waals surface area contributed by atoms with Gasteiger partial charge in [0.2, 0.25) is 0 Å². The topological polar surface area (TPSA) is 40.5 Å². The van der Waals surface area contributed by atoms with Gasteiger partial charge in [-0.15, -0.1) is 0 Å². The van der Waals surface area contributed by atoms with E-state index in [4.69, 9.17) is 0 Å². The molecule has 0 aromatic carbocycles. The Morgan fingerprint density at radius 1 is 1.15 bits per heavy atom. The van der Waals surface area contributed by atoms with Crippen molar-refractivity contribution in [2.75, 3.05) is 0 Å². The van der Waals surface area contributed by atoms with Crippen LogP contribution in [0.5, 0.6) is 0 Å². The van der Waals surface area contributed by atoms with Gasteiger partial charge in [0.15, 0.2) is 0 Å². The lowest BCUT2D eigenvalue weighted by Crippen LogP contribution is -2.39. The molecular weight excluding hydrogens is 164 g/mol. The first-order valence-corrected chi connectivity index (χ1v) is 5.36. The van der Waals surface area contributed by atoms with Crippen LogP contribution in [0.2, 0.25) is 0 Å². The predicted molar refractivity (Wildman–Crippen MR) is 51.3 cm³/mol. The van der Waals surface area contributed by atoms with Gasteiger partial charge in [-0.3, -0.25) is 0 Å². The van der Waals surface area contributed by atoms with Crippen LogP contribution in [0, 0.1) is 11.8 Å². The normalized spacial score (nSPS) is 56.3. The summed E-state index contributed by atoms with van der Waals surface area (Å²) in [4.78, 5) is 0. The molecule has 13 heavy (non-hydrogen) atoms. The molecule has 0 saturated heterocycles.